The number of imidazole rings is 1. The molecule has 1 saturated heterocycles. The van der Waals surface area contributed by atoms with Crippen LogP contribution >= 0.6 is 0 Å². The maximum atomic E-state index is 12.2. The van der Waals surface area contributed by atoms with Crippen LogP contribution in [0.25, 0.3) is 44.7 Å². The molecule has 7 rings (SSSR count). The van der Waals surface area contributed by atoms with E-state index >= 15 is 0 Å². The molecule has 0 aromatic carbocycles. The van der Waals surface area contributed by atoms with Gasteiger partial charge in [0.2, 0.25) is 5.91 Å². The van der Waals surface area contributed by atoms with Gasteiger partial charge in [0.25, 0.3) is 0 Å². The Hall–Kier alpha value is -4.34. The number of hydrogen-bond donors (Lipinski definition) is 3. The molecule has 1 aliphatic carbocycles. The molecule has 10 heteroatoms. The first-order valence-electron chi connectivity index (χ1n) is 12.4. The van der Waals surface area contributed by atoms with Crippen molar-refractivity contribution in [2.45, 2.75) is 32.1 Å². The summed E-state index contributed by atoms with van der Waals surface area (Å²) in [6, 6.07) is 5.90. The summed E-state index contributed by atoms with van der Waals surface area (Å²) in [4.78, 5) is 36.4. The van der Waals surface area contributed by atoms with Gasteiger partial charge < -0.3 is 15.2 Å². The average Bonchev–Trinajstić information content (AvgIpc) is 3.55. The second-order valence-corrected chi connectivity index (χ2v) is 9.58. The number of fused-ring (bicyclic) bond motifs is 2. The van der Waals surface area contributed by atoms with Crippen molar-refractivity contribution in [3.63, 3.8) is 0 Å². The summed E-state index contributed by atoms with van der Waals surface area (Å²) in [5.74, 6) is 1.78. The maximum absolute atomic E-state index is 12.2. The van der Waals surface area contributed by atoms with Crippen molar-refractivity contribution in [1.29, 1.82) is 0 Å². The van der Waals surface area contributed by atoms with E-state index in [0.717, 1.165) is 59.3 Å². The molecular formula is C26H25N9O. The molecule has 0 spiro atoms. The van der Waals surface area contributed by atoms with Crippen LogP contribution in [0.5, 0.6) is 0 Å². The Morgan fingerprint density at radius 3 is 2.75 bits per heavy atom. The van der Waals surface area contributed by atoms with Crippen LogP contribution in [-0.2, 0) is 4.79 Å². The first-order chi connectivity index (χ1) is 17.7. The smallest absolute Gasteiger partial charge is 0.227 e. The number of aromatic nitrogens is 7. The van der Waals surface area contributed by atoms with Crippen LogP contribution in [0.2, 0.25) is 0 Å². The number of nitrogens with one attached hydrogen (secondary N) is 3. The van der Waals surface area contributed by atoms with Gasteiger partial charge in [0.05, 0.1) is 22.8 Å². The van der Waals surface area contributed by atoms with Crippen LogP contribution < -0.4 is 10.2 Å². The van der Waals surface area contributed by atoms with E-state index in [2.05, 4.69) is 40.3 Å². The number of aromatic amines is 2. The average molecular weight is 480 g/mol. The zero-order chi connectivity index (χ0) is 24.1. The number of carbonyl (C=O) groups excluding carboxylic acids is 1. The SMILES string of the molecule is O=C(Nc1cncc(-c2cnc3[nH]nc(-c4nc5c(N6CCCCC6)nccc5[nH]4)c3c2)c1)C1CC1. The first-order valence-corrected chi connectivity index (χ1v) is 12.4. The number of rotatable bonds is 5. The highest BCUT2D eigenvalue weighted by molar-refractivity contribution is 5.96. The minimum Gasteiger partial charge on any atom is -0.355 e. The van der Waals surface area contributed by atoms with Gasteiger partial charge in [0.1, 0.15) is 11.2 Å². The van der Waals surface area contributed by atoms with Crippen LogP contribution in [0.3, 0.4) is 0 Å². The molecule has 2 fully saturated rings. The molecule has 1 amide bonds. The van der Waals surface area contributed by atoms with Crippen molar-refractivity contribution in [3.05, 3.63) is 43.0 Å². The molecule has 5 aromatic heterocycles. The molecule has 0 atom stereocenters. The molecule has 36 heavy (non-hydrogen) atoms. The minimum atomic E-state index is 0.0583. The fourth-order valence-electron chi connectivity index (χ4n) is 4.87. The molecule has 180 valence electrons. The molecule has 0 unspecified atom stereocenters. The lowest BCUT2D eigenvalue weighted by Crippen LogP contribution is -2.30. The Balaban J connectivity index is 1.25. The van der Waals surface area contributed by atoms with Crippen LogP contribution in [-0.4, -0.2) is 54.1 Å². The van der Waals surface area contributed by atoms with Gasteiger partial charge in [-0.25, -0.2) is 15.0 Å². The molecule has 10 nitrogen and oxygen atoms in total. The van der Waals surface area contributed by atoms with E-state index in [1.807, 2.05) is 24.4 Å². The molecule has 0 radical (unpaired) electrons. The third-order valence-electron chi connectivity index (χ3n) is 6.97. The van der Waals surface area contributed by atoms with Crippen LogP contribution in [0.4, 0.5) is 11.5 Å². The molecule has 2 aliphatic rings. The Morgan fingerprint density at radius 1 is 1.03 bits per heavy atom. The van der Waals surface area contributed by atoms with Crippen molar-refractivity contribution in [3.8, 4) is 22.6 Å². The Kier molecular flexibility index (Phi) is 4.90. The monoisotopic (exact) mass is 479 g/mol. The molecule has 6 heterocycles. The van der Waals surface area contributed by atoms with E-state index in [1.165, 1.54) is 19.3 Å². The van der Waals surface area contributed by atoms with Crippen molar-refractivity contribution in [2.75, 3.05) is 23.3 Å². The van der Waals surface area contributed by atoms with Crippen LogP contribution in [0.1, 0.15) is 32.1 Å². The van der Waals surface area contributed by atoms with E-state index in [1.54, 1.807) is 18.6 Å². The van der Waals surface area contributed by atoms with Gasteiger partial charge >= 0.3 is 0 Å². The van der Waals surface area contributed by atoms with Crippen molar-refractivity contribution in [2.24, 2.45) is 5.92 Å². The molecule has 0 bridgehead atoms. The number of H-pyrrole nitrogens is 2. The molecule has 5 aromatic rings. The lowest BCUT2D eigenvalue weighted by atomic mass is 10.1. The minimum absolute atomic E-state index is 0.0583. The van der Waals surface area contributed by atoms with Crippen molar-refractivity contribution >= 4 is 39.5 Å². The van der Waals surface area contributed by atoms with E-state index < -0.39 is 0 Å². The Morgan fingerprint density at radius 2 is 1.89 bits per heavy atom. The van der Waals surface area contributed by atoms with Gasteiger partial charge in [-0.2, -0.15) is 5.10 Å². The van der Waals surface area contributed by atoms with E-state index in [-0.39, 0.29) is 11.8 Å². The quantitative estimate of drug-likeness (QED) is 0.343. The summed E-state index contributed by atoms with van der Waals surface area (Å²) >= 11 is 0. The van der Waals surface area contributed by atoms with Gasteiger partial charge in [-0.1, -0.05) is 0 Å². The number of hydrogen-bond acceptors (Lipinski definition) is 7. The van der Waals surface area contributed by atoms with Gasteiger partial charge in [-0.15, -0.1) is 0 Å². The molecule has 3 N–H and O–H groups in total. The van der Waals surface area contributed by atoms with Gasteiger partial charge in [0, 0.05) is 48.7 Å². The van der Waals surface area contributed by atoms with Crippen molar-refractivity contribution in [1.82, 2.24) is 35.1 Å². The van der Waals surface area contributed by atoms with Crippen LogP contribution in [0.15, 0.2) is 43.0 Å². The highest BCUT2D eigenvalue weighted by Gasteiger charge is 2.29. The Labute approximate surface area is 206 Å². The highest BCUT2D eigenvalue weighted by Crippen LogP contribution is 2.33. The fourth-order valence-corrected chi connectivity index (χ4v) is 4.87. The predicted octanol–water partition coefficient (Wildman–Crippen LogP) is 4.30. The fraction of sp³-hybridized carbons (Fsp3) is 0.308. The first kappa shape index (κ1) is 21.0. The number of piperidine rings is 1. The summed E-state index contributed by atoms with van der Waals surface area (Å²) in [7, 11) is 0. The van der Waals surface area contributed by atoms with Gasteiger partial charge in [-0.3, -0.25) is 14.9 Å². The number of nitrogens with zero attached hydrogens (tertiary/aromatic N) is 6. The topological polar surface area (TPSA) is 128 Å². The van der Waals surface area contributed by atoms with E-state index in [9.17, 15) is 4.79 Å². The van der Waals surface area contributed by atoms with Crippen molar-refractivity contribution < 1.29 is 4.79 Å². The number of amides is 1. The number of carbonyl (C=O) groups is 1. The Bertz CT molecular complexity index is 1590. The lowest BCUT2D eigenvalue weighted by molar-refractivity contribution is -0.117. The molecule has 1 aliphatic heterocycles. The van der Waals surface area contributed by atoms with Crippen LogP contribution in [0, 0.1) is 5.92 Å². The maximum Gasteiger partial charge on any atom is 0.227 e. The number of anilines is 2. The third kappa shape index (κ3) is 3.74. The largest absolute Gasteiger partial charge is 0.355 e. The van der Waals surface area contributed by atoms with E-state index in [4.69, 9.17) is 4.98 Å². The molecular weight excluding hydrogens is 454 g/mol. The zero-order valence-corrected chi connectivity index (χ0v) is 19.7. The predicted molar refractivity (Wildman–Crippen MR) is 137 cm³/mol. The third-order valence-corrected chi connectivity index (χ3v) is 6.97. The summed E-state index contributed by atoms with van der Waals surface area (Å²) in [6.45, 7) is 2.00. The van der Waals surface area contributed by atoms with Gasteiger partial charge in [-0.05, 0) is 50.3 Å². The standard InChI is InChI=1S/C26H25N9O/c36-26(15-4-5-15)30-18-10-16(12-27-14-18)17-11-19-21(33-34-23(19)29-13-17)24-31-20-6-7-28-25(22(20)32-24)35-8-2-1-3-9-35/h6-7,10-15H,1-5,8-9H2,(H,30,36)(H,31,32)(H,29,33,34). The second-order valence-electron chi connectivity index (χ2n) is 9.58. The summed E-state index contributed by atoms with van der Waals surface area (Å²) in [6.07, 6.45) is 12.6. The normalized spacial score (nSPS) is 16.1. The van der Waals surface area contributed by atoms with Gasteiger partial charge in [0.15, 0.2) is 17.3 Å². The molecule has 1 saturated carbocycles. The van der Waals surface area contributed by atoms with E-state index in [0.29, 0.717) is 22.9 Å². The second kappa shape index (κ2) is 8.40. The summed E-state index contributed by atoms with van der Waals surface area (Å²) < 4.78 is 0. The number of pyridine rings is 3. The highest BCUT2D eigenvalue weighted by atomic mass is 16.2. The lowest BCUT2D eigenvalue weighted by Gasteiger charge is -2.27. The zero-order valence-electron chi connectivity index (χ0n) is 19.7. The summed E-state index contributed by atoms with van der Waals surface area (Å²) in [5, 5.41) is 11.4. The summed E-state index contributed by atoms with van der Waals surface area (Å²) in [5.41, 5.74) is 5.60.